The van der Waals surface area contributed by atoms with E-state index in [2.05, 4.69) is 10.6 Å². The van der Waals surface area contributed by atoms with E-state index in [9.17, 15) is 9.59 Å². The van der Waals surface area contributed by atoms with Gasteiger partial charge >= 0.3 is 0 Å². The number of piperidine rings is 1. The van der Waals surface area contributed by atoms with Gasteiger partial charge in [-0.3, -0.25) is 9.59 Å². The third-order valence-electron chi connectivity index (χ3n) is 4.29. The smallest absolute Gasteiger partial charge is 0.223 e. The highest BCUT2D eigenvalue weighted by molar-refractivity contribution is 5.86. The van der Waals surface area contributed by atoms with Crippen molar-refractivity contribution in [1.29, 1.82) is 0 Å². The van der Waals surface area contributed by atoms with E-state index in [1.54, 1.807) is 0 Å². The fourth-order valence-corrected chi connectivity index (χ4v) is 2.82. The SMILES string of the molecule is Cc1ccc(Oc2ccccc2CNC(=O)C2CCNC(=O)C2)cc1. The molecule has 1 unspecified atom stereocenters. The lowest BCUT2D eigenvalue weighted by Crippen LogP contribution is -2.40. The van der Waals surface area contributed by atoms with Crippen molar-refractivity contribution < 1.29 is 14.3 Å². The summed E-state index contributed by atoms with van der Waals surface area (Å²) in [5.74, 6) is 1.08. The van der Waals surface area contributed by atoms with E-state index >= 15 is 0 Å². The number of ether oxygens (including phenoxy) is 1. The number of carbonyl (C=O) groups is 2. The second kappa shape index (κ2) is 7.83. The number of amides is 2. The van der Waals surface area contributed by atoms with Gasteiger partial charge in [-0.05, 0) is 31.5 Å². The Morgan fingerprint density at radius 3 is 2.72 bits per heavy atom. The van der Waals surface area contributed by atoms with Crippen molar-refractivity contribution in [3.63, 3.8) is 0 Å². The maximum atomic E-state index is 12.3. The Balaban J connectivity index is 1.63. The first-order valence-electron chi connectivity index (χ1n) is 8.48. The maximum absolute atomic E-state index is 12.3. The maximum Gasteiger partial charge on any atom is 0.223 e. The largest absolute Gasteiger partial charge is 0.457 e. The van der Waals surface area contributed by atoms with E-state index in [0.29, 0.717) is 25.3 Å². The summed E-state index contributed by atoms with van der Waals surface area (Å²) in [6.45, 7) is 2.96. The Hall–Kier alpha value is -2.82. The van der Waals surface area contributed by atoms with Crippen molar-refractivity contribution >= 4 is 11.8 Å². The van der Waals surface area contributed by atoms with Crippen LogP contribution in [0, 0.1) is 12.8 Å². The molecule has 0 aromatic heterocycles. The average Bonchev–Trinajstić information content (AvgIpc) is 2.62. The van der Waals surface area contributed by atoms with Gasteiger partial charge in [-0.2, -0.15) is 0 Å². The van der Waals surface area contributed by atoms with Gasteiger partial charge < -0.3 is 15.4 Å². The lowest BCUT2D eigenvalue weighted by molar-refractivity contribution is -0.132. The number of benzene rings is 2. The Labute approximate surface area is 147 Å². The van der Waals surface area contributed by atoms with Crippen molar-refractivity contribution in [2.24, 2.45) is 5.92 Å². The first kappa shape index (κ1) is 17.0. The van der Waals surface area contributed by atoms with Gasteiger partial charge in [0.1, 0.15) is 11.5 Å². The Bertz CT molecular complexity index is 756. The zero-order valence-electron chi connectivity index (χ0n) is 14.2. The molecular formula is C20H22N2O3. The normalized spacial score (nSPS) is 16.8. The third-order valence-corrected chi connectivity index (χ3v) is 4.29. The van der Waals surface area contributed by atoms with Crippen LogP contribution in [0.5, 0.6) is 11.5 Å². The number of para-hydroxylation sites is 1. The van der Waals surface area contributed by atoms with Crippen LogP contribution < -0.4 is 15.4 Å². The van der Waals surface area contributed by atoms with Gasteiger partial charge in [0.05, 0.1) is 0 Å². The molecule has 5 heteroatoms. The summed E-state index contributed by atoms with van der Waals surface area (Å²) in [6, 6.07) is 15.5. The molecule has 1 aliphatic rings. The van der Waals surface area contributed by atoms with E-state index in [4.69, 9.17) is 4.74 Å². The van der Waals surface area contributed by atoms with Crippen LogP contribution in [0.4, 0.5) is 0 Å². The molecular weight excluding hydrogens is 316 g/mol. The minimum atomic E-state index is -0.251. The quantitative estimate of drug-likeness (QED) is 0.881. The fourth-order valence-electron chi connectivity index (χ4n) is 2.82. The molecule has 0 spiro atoms. The van der Waals surface area contributed by atoms with Gasteiger partial charge in [-0.25, -0.2) is 0 Å². The molecule has 3 rings (SSSR count). The van der Waals surface area contributed by atoms with Gasteiger partial charge in [-0.15, -0.1) is 0 Å². The zero-order valence-corrected chi connectivity index (χ0v) is 14.2. The second-order valence-electron chi connectivity index (χ2n) is 6.28. The monoisotopic (exact) mass is 338 g/mol. The topological polar surface area (TPSA) is 67.4 Å². The summed E-state index contributed by atoms with van der Waals surface area (Å²) in [5.41, 5.74) is 2.07. The minimum absolute atomic E-state index is 0.0606. The molecule has 2 aromatic rings. The number of aryl methyl sites for hydroxylation is 1. The minimum Gasteiger partial charge on any atom is -0.457 e. The third kappa shape index (κ3) is 4.59. The molecule has 1 heterocycles. The molecule has 5 nitrogen and oxygen atoms in total. The van der Waals surface area contributed by atoms with Crippen molar-refractivity contribution in [3.8, 4) is 11.5 Å². The van der Waals surface area contributed by atoms with E-state index in [-0.39, 0.29) is 24.2 Å². The predicted molar refractivity (Wildman–Crippen MR) is 95.3 cm³/mol. The van der Waals surface area contributed by atoms with Gasteiger partial charge in [0.2, 0.25) is 11.8 Å². The molecule has 0 bridgehead atoms. The van der Waals surface area contributed by atoms with Crippen LogP contribution in [0.15, 0.2) is 48.5 Å². The van der Waals surface area contributed by atoms with Crippen molar-refractivity contribution in [2.75, 3.05) is 6.54 Å². The molecule has 1 atom stereocenters. The highest BCUT2D eigenvalue weighted by Crippen LogP contribution is 2.25. The molecule has 2 N–H and O–H groups in total. The van der Waals surface area contributed by atoms with Crippen LogP contribution in [-0.2, 0) is 16.1 Å². The molecule has 1 fully saturated rings. The van der Waals surface area contributed by atoms with Crippen LogP contribution >= 0.6 is 0 Å². The van der Waals surface area contributed by atoms with E-state index in [1.165, 1.54) is 5.56 Å². The zero-order chi connectivity index (χ0) is 17.6. The molecule has 0 aliphatic carbocycles. The number of nitrogens with one attached hydrogen (secondary N) is 2. The highest BCUT2D eigenvalue weighted by atomic mass is 16.5. The van der Waals surface area contributed by atoms with Gasteiger partial charge in [0.25, 0.3) is 0 Å². The molecule has 0 radical (unpaired) electrons. The summed E-state index contributed by atoms with van der Waals surface area (Å²) < 4.78 is 5.94. The highest BCUT2D eigenvalue weighted by Gasteiger charge is 2.25. The molecule has 1 saturated heterocycles. The number of hydrogen-bond acceptors (Lipinski definition) is 3. The van der Waals surface area contributed by atoms with Crippen molar-refractivity contribution in [2.45, 2.75) is 26.3 Å². The van der Waals surface area contributed by atoms with Gasteiger partial charge in [0, 0.05) is 31.0 Å². The van der Waals surface area contributed by atoms with Crippen LogP contribution in [0.1, 0.15) is 24.0 Å². The summed E-state index contributed by atoms with van der Waals surface area (Å²) in [5, 5.41) is 5.67. The first-order valence-corrected chi connectivity index (χ1v) is 8.48. The molecule has 130 valence electrons. The number of carbonyl (C=O) groups excluding carboxylic acids is 2. The summed E-state index contributed by atoms with van der Waals surface area (Å²) in [4.78, 5) is 23.7. The van der Waals surface area contributed by atoms with Crippen LogP contribution in [0.25, 0.3) is 0 Å². The molecule has 2 aromatic carbocycles. The lowest BCUT2D eigenvalue weighted by atomic mass is 9.96. The summed E-state index contributed by atoms with van der Waals surface area (Å²) in [7, 11) is 0. The van der Waals surface area contributed by atoms with Gasteiger partial charge in [0.15, 0.2) is 0 Å². The molecule has 0 saturated carbocycles. The fraction of sp³-hybridized carbons (Fsp3) is 0.300. The molecule has 1 aliphatic heterocycles. The van der Waals surface area contributed by atoms with Crippen LogP contribution in [-0.4, -0.2) is 18.4 Å². The van der Waals surface area contributed by atoms with E-state index < -0.39 is 0 Å². The lowest BCUT2D eigenvalue weighted by Gasteiger charge is -2.21. The predicted octanol–water partition coefficient (Wildman–Crippen LogP) is 2.93. The molecule has 25 heavy (non-hydrogen) atoms. The number of hydrogen-bond donors (Lipinski definition) is 2. The molecule has 2 amide bonds. The Morgan fingerprint density at radius 2 is 1.96 bits per heavy atom. The van der Waals surface area contributed by atoms with Crippen molar-refractivity contribution in [1.82, 2.24) is 10.6 Å². The Kier molecular flexibility index (Phi) is 5.33. The van der Waals surface area contributed by atoms with Crippen molar-refractivity contribution in [3.05, 3.63) is 59.7 Å². The Morgan fingerprint density at radius 1 is 1.20 bits per heavy atom. The average molecular weight is 338 g/mol. The second-order valence-corrected chi connectivity index (χ2v) is 6.28. The van der Waals surface area contributed by atoms with E-state index in [0.717, 1.165) is 11.3 Å². The summed E-state index contributed by atoms with van der Waals surface area (Å²) in [6.07, 6.45) is 0.937. The summed E-state index contributed by atoms with van der Waals surface area (Å²) >= 11 is 0. The van der Waals surface area contributed by atoms with Crippen LogP contribution in [0.3, 0.4) is 0 Å². The number of rotatable bonds is 5. The van der Waals surface area contributed by atoms with Gasteiger partial charge in [-0.1, -0.05) is 35.9 Å². The standard InChI is InChI=1S/C20H22N2O3/c1-14-6-8-17(9-7-14)25-18-5-3-2-4-16(18)13-22-20(24)15-10-11-21-19(23)12-15/h2-9,15H,10-13H2,1H3,(H,21,23)(H,22,24). The van der Waals surface area contributed by atoms with E-state index in [1.807, 2.05) is 55.5 Å². The van der Waals surface area contributed by atoms with Crippen LogP contribution in [0.2, 0.25) is 0 Å². The first-order chi connectivity index (χ1) is 12.1.